The van der Waals surface area contributed by atoms with E-state index in [1.807, 2.05) is 85.8 Å². The molecule has 2 unspecified atom stereocenters. The van der Waals surface area contributed by atoms with Gasteiger partial charge in [-0.25, -0.2) is 0 Å². The minimum Gasteiger partial charge on any atom is -0.489 e. The minimum absolute atomic E-state index is 0.0574. The van der Waals surface area contributed by atoms with E-state index in [0.717, 1.165) is 16.9 Å². The fourth-order valence-electron chi connectivity index (χ4n) is 3.27. The number of rotatable bonds is 10. The first kappa shape index (κ1) is 21.8. The van der Waals surface area contributed by atoms with Crippen LogP contribution in [0.2, 0.25) is 0 Å². The van der Waals surface area contributed by atoms with Crippen LogP contribution in [0.1, 0.15) is 30.9 Å². The van der Waals surface area contributed by atoms with E-state index < -0.39 is 11.6 Å². The molecule has 3 aromatic rings. The Hall–Kier alpha value is -2.86. The van der Waals surface area contributed by atoms with E-state index in [1.165, 1.54) is 0 Å². The second-order valence-corrected chi connectivity index (χ2v) is 7.66. The largest absolute Gasteiger partial charge is 0.489 e. The molecule has 0 heterocycles. The molecule has 2 atom stereocenters. The predicted molar refractivity (Wildman–Crippen MR) is 118 cm³/mol. The molecule has 3 rings (SSSR count). The second kappa shape index (κ2) is 10.3. The van der Waals surface area contributed by atoms with Crippen LogP contribution >= 0.6 is 0 Å². The van der Waals surface area contributed by atoms with Crippen LogP contribution in [-0.4, -0.2) is 22.9 Å². The number of ether oxygens (including phenoxy) is 2. The van der Waals surface area contributed by atoms with Crippen molar-refractivity contribution in [3.05, 3.63) is 90.0 Å². The maximum absolute atomic E-state index is 9.96. The molecule has 0 saturated carbocycles. The maximum atomic E-state index is 9.96. The van der Waals surface area contributed by atoms with Crippen molar-refractivity contribution in [2.45, 2.75) is 38.0 Å². The zero-order chi connectivity index (χ0) is 21.4. The van der Waals surface area contributed by atoms with E-state index in [9.17, 15) is 5.11 Å². The molecule has 0 aliphatic carbocycles. The summed E-state index contributed by atoms with van der Waals surface area (Å²) >= 11 is 0. The smallest absolute Gasteiger partial charge is 0.131 e. The molecular weight excluding hydrogens is 378 g/mol. The highest BCUT2D eigenvalue weighted by Gasteiger charge is 2.24. The molecule has 5 nitrogen and oxygen atoms in total. The number of aliphatic hydroxyl groups is 2. The van der Waals surface area contributed by atoms with E-state index in [-0.39, 0.29) is 6.61 Å². The molecule has 30 heavy (non-hydrogen) atoms. The third-order valence-electron chi connectivity index (χ3n) is 4.93. The zero-order valence-corrected chi connectivity index (χ0v) is 17.2. The van der Waals surface area contributed by atoms with Crippen molar-refractivity contribution in [1.82, 2.24) is 0 Å². The van der Waals surface area contributed by atoms with E-state index in [2.05, 4.69) is 0 Å². The van der Waals surface area contributed by atoms with Crippen molar-refractivity contribution in [1.29, 1.82) is 0 Å². The highest BCUT2D eigenvalue weighted by Crippen LogP contribution is 2.29. The SMILES string of the molecule is CC(N)(CC(O)CCO)c1ccc(Oc2cccc(OCc3ccccc3)c2)cc1. The van der Waals surface area contributed by atoms with Gasteiger partial charge in [0.2, 0.25) is 0 Å². The molecule has 0 aliphatic rings. The van der Waals surface area contributed by atoms with E-state index in [4.69, 9.17) is 20.3 Å². The van der Waals surface area contributed by atoms with E-state index in [1.54, 1.807) is 0 Å². The van der Waals surface area contributed by atoms with Gasteiger partial charge in [-0.3, -0.25) is 0 Å². The lowest BCUT2D eigenvalue weighted by Gasteiger charge is -2.28. The molecule has 158 valence electrons. The first-order valence-corrected chi connectivity index (χ1v) is 10.1. The van der Waals surface area contributed by atoms with Crippen molar-refractivity contribution in [3.8, 4) is 17.2 Å². The van der Waals surface area contributed by atoms with Gasteiger partial charge in [0.1, 0.15) is 23.9 Å². The lowest BCUT2D eigenvalue weighted by Crippen LogP contribution is -2.37. The Morgan fingerprint density at radius 2 is 1.60 bits per heavy atom. The number of aliphatic hydroxyl groups excluding tert-OH is 2. The Morgan fingerprint density at radius 3 is 2.30 bits per heavy atom. The standard InChI is InChI=1S/C25H29NO4/c1-25(26,17-21(28)14-15-27)20-10-12-22(13-11-20)30-24-9-5-8-23(16-24)29-18-19-6-3-2-4-7-19/h2-13,16,21,27-28H,14-15,17-18,26H2,1H3. The quantitative estimate of drug-likeness (QED) is 0.465. The highest BCUT2D eigenvalue weighted by molar-refractivity contribution is 5.38. The van der Waals surface area contributed by atoms with Gasteiger partial charge in [-0.05, 0) is 55.2 Å². The summed E-state index contributed by atoms with van der Waals surface area (Å²) in [6.45, 7) is 2.31. The molecule has 0 aromatic heterocycles. The maximum Gasteiger partial charge on any atom is 0.131 e. The molecule has 0 spiro atoms. The van der Waals surface area contributed by atoms with Crippen LogP contribution in [0.4, 0.5) is 0 Å². The van der Waals surface area contributed by atoms with Crippen LogP contribution in [-0.2, 0) is 12.1 Å². The highest BCUT2D eigenvalue weighted by atomic mass is 16.5. The molecule has 4 N–H and O–H groups in total. The minimum atomic E-state index is -0.696. The van der Waals surface area contributed by atoms with Crippen LogP contribution in [0, 0.1) is 0 Å². The Labute approximate surface area is 177 Å². The van der Waals surface area contributed by atoms with Crippen molar-refractivity contribution in [2.24, 2.45) is 5.73 Å². The number of hydrogen-bond donors (Lipinski definition) is 3. The van der Waals surface area contributed by atoms with Crippen LogP contribution < -0.4 is 15.2 Å². The van der Waals surface area contributed by atoms with Gasteiger partial charge >= 0.3 is 0 Å². The van der Waals surface area contributed by atoms with Gasteiger partial charge in [0.15, 0.2) is 0 Å². The van der Waals surface area contributed by atoms with Gasteiger partial charge in [-0.2, -0.15) is 0 Å². The summed E-state index contributed by atoms with van der Waals surface area (Å²) in [5.41, 5.74) is 7.68. The van der Waals surface area contributed by atoms with Gasteiger partial charge in [0.25, 0.3) is 0 Å². The average molecular weight is 408 g/mol. The van der Waals surface area contributed by atoms with Crippen molar-refractivity contribution in [3.63, 3.8) is 0 Å². The van der Waals surface area contributed by atoms with E-state index >= 15 is 0 Å². The number of benzene rings is 3. The van der Waals surface area contributed by atoms with Crippen LogP contribution in [0.5, 0.6) is 17.2 Å². The fourth-order valence-corrected chi connectivity index (χ4v) is 3.27. The van der Waals surface area contributed by atoms with Crippen LogP contribution in [0.3, 0.4) is 0 Å². The van der Waals surface area contributed by atoms with Gasteiger partial charge in [0, 0.05) is 18.2 Å². The molecular formula is C25H29NO4. The first-order valence-electron chi connectivity index (χ1n) is 10.1. The normalized spacial score (nSPS) is 14.0. The summed E-state index contributed by atoms with van der Waals surface area (Å²) in [5, 5.41) is 18.9. The Morgan fingerprint density at radius 1 is 0.900 bits per heavy atom. The number of hydrogen-bond acceptors (Lipinski definition) is 5. The second-order valence-electron chi connectivity index (χ2n) is 7.66. The molecule has 5 heteroatoms. The lowest BCUT2D eigenvalue weighted by atomic mass is 9.87. The lowest BCUT2D eigenvalue weighted by molar-refractivity contribution is 0.103. The summed E-state index contributed by atoms with van der Waals surface area (Å²) in [7, 11) is 0. The molecule has 0 radical (unpaired) electrons. The Bertz CT molecular complexity index is 910. The van der Waals surface area contributed by atoms with Gasteiger partial charge in [-0.1, -0.05) is 48.5 Å². The van der Waals surface area contributed by atoms with Gasteiger partial charge in [0.05, 0.1) is 6.10 Å². The zero-order valence-electron chi connectivity index (χ0n) is 17.2. The molecule has 0 bridgehead atoms. The third kappa shape index (κ3) is 6.32. The monoisotopic (exact) mass is 407 g/mol. The first-order chi connectivity index (χ1) is 14.5. The Kier molecular flexibility index (Phi) is 7.46. The third-order valence-corrected chi connectivity index (χ3v) is 4.93. The van der Waals surface area contributed by atoms with Crippen LogP contribution in [0.15, 0.2) is 78.9 Å². The summed E-state index contributed by atoms with van der Waals surface area (Å²) in [5.74, 6) is 2.10. The van der Waals surface area contributed by atoms with Gasteiger partial charge < -0.3 is 25.4 Å². The fraction of sp³-hybridized carbons (Fsp3) is 0.280. The predicted octanol–water partition coefficient (Wildman–Crippen LogP) is 4.37. The topological polar surface area (TPSA) is 84.9 Å². The molecule has 3 aromatic carbocycles. The molecule has 0 amide bonds. The summed E-state index contributed by atoms with van der Waals surface area (Å²) in [6.07, 6.45) is 0.0464. The number of nitrogens with two attached hydrogens (primary N) is 1. The van der Waals surface area contributed by atoms with Gasteiger partial charge in [-0.15, -0.1) is 0 Å². The van der Waals surface area contributed by atoms with Crippen LogP contribution in [0.25, 0.3) is 0 Å². The van der Waals surface area contributed by atoms with E-state index in [0.29, 0.717) is 30.9 Å². The van der Waals surface area contributed by atoms with Crippen molar-refractivity contribution in [2.75, 3.05) is 6.61 Å². The molecule has 0 fully saturated rings. The van der Waals surface area contributed by atoms with Crippen molar-refractivity contribution < 1.29 is 19.7 Å². The molecule has 0 aliphatic heterocycles. The summed E-state index contributed by atoms with van der Waals surface area (Å²) < 4.78 is 11.8. The van der Waals surface area contributed by atoms with Crippen molar-refractivity contribution >= 4 is 0 Å². The average Bonchev–Trinajstić information content (AvgIpc) is 2.73. The molecule has 0 saturated heterocycles. The summed E-state index contributed by atoms with van der Waals surface area (Å²) in [6, 6.07) is 25.0. The summed E-state index contributed by atoms with van der Waals surface area (Å²) in [4.78, 5) is 0. The Balaban J connectivity index is 1.61.